The third kappa shape index (κ3) is 4.74. The average Bonchev–Trinajstić information content (AvgIpc) is 2.67. The van der Waals surface area contributed by atoms with Crippen molar-refractivity contribution in [3.8, 4) is 11.1 Å². The Hall–Kier alpha value is -2.66. The van der Waals surface area contributed by atoms with Gasteiger partial charge in [-0.1, -0.05) is 42.5 Å². The van der Waals surface area contributed by atoms with Crippen LogP contribution in [0.3, 0.4) is 0 Å². The summed E-state index contributed by atoms with van der Waals surface area (Å²) in [6.45, 7) is 6.50. The Labute approximate surface area is 159 Å². The highest BCUT2D eigenvalue weighted by Gasteiger charge is 2.30. The van der Waals surface area contributed by atoms with Crippen molar-refractivity contribution in [3.63, 3.8) is 0 Å². The van der Waals surface area contributed by atoms with Crippen LogP contribution in [-0.2, 0) is 14.3 Å². The molecule has 0 unspecified atom stereocenters. The molecule has 3 rings (SSSR count). The summed E-state index contributed by atoms with van der Waals surface area (Å²) in [7, 11) is 0. The van der Waals surface area contributed by atoms with Gasteiger partial charge < -0.3 is 14.4 Å². The first kappa shape index (κ1) is 19.1. The van der Waals surface area contributed by atoms with Crippen molar-refractivity contribution in [1.29, 1.82) is 0 Å². The number of carbonyl (C=O) groups excluding carboxylic acids is 2. The molecule has 1 amide bonds. The number of carbonyl (C=O) groups is 2. The lowest BCUT2D eigenvalue weighted by Gasteiger charge is -2.36. The molecule has 0 aromatic heterocycles. The number of benzene rings is 2. The molecule has 3 atom stereocenters. The van der Waals surface area contributed by atoms with E-state index >= 15 is 0 Å². The molecule has 1 fully saturated rings. The number of nitrogens with zero attached hydrogens (tertiary/aromatic N) is 1. The van der Waals surface area contributed by atoms with Gasteiger partial charge in [-0.2, -0.15) is 0 Å². The van der Waals surface area contributed by atoms with Gasteiger partial charge >= 0.3 is 5.97 Å². The van der Waals surface area contributed by atoms with Crippen LogP contribution in [-0.4, -0.2) is 48.2 Å². The zero-order chi connectivity index (χ0) is 19.4. The molecule has 142 valence electrons. The minimum Gasteiger partial charge on any atom is -0.449 e. The van der Waals surface area contributed by atoms with Crippen molar-refractivity contribution in [2.75, 3.05) is 13.1 Å². The molecule has 2 aromatic rings. The summed E-state index contributed by atoms with van der Waals surface area (Å²) in [6.07, 6.45) is -0.874. The van der Waals surface area contributed by atoms with Crippen molar-refractivity contribution in [2.45, 2.75) is 39.1 Å². The lowest BCUT2D eigenvalue weighted by Crippen LogP contribution is -2.51. The number of amides is 1. The summed E-state index contributed by atoms with van der Waals surface area (Å²) in [5, 5.41) is 0. The predicted octanol–water partition coefficient (Wildman–Crippen LogP) is 3.53. The van der Waals surface area contributed by atoms with E-state index in [-0.39, 0.29) is 18.1 Å². The zero-order valence-electron chi connectivity index (χ0n) is 15.9. The molecule has 0 radical (unpaired) electrons. The van der Waals surface area contributed by atoms with Crippen molar-refractivity contribution >= 4 is 11.9 Å². The summed E-state index contributed by atoms with van der Waals surface area (Å²) in [4.78, 5) is 26.7. The van der Waals surface area contributed by atoms with Gasteiger partial charge in [-0.25, -0.2) is 4.79 Å². The fourth-order valence-corrected chi connectivity index (χ4v) is 3.32. The second-order valence-corrected chi connectivity index (χ2v) is 6.99. The highest BCUT2D eigenvalue weighted by atomic mass is 16.5. The summed E-state index contributed by atoms with van der Waals surface area (Å²) in [5.74, 6) is -0.684. The Kier molecular flexibility index (Phi) is 5.91. The molecule has 27 heavy (non-hydrogen) atoms. The molecular formula is C22H25NO4. The second-order valence-electron chi connectivity index (χ2n) is 6.99. The van der Waals surface area contributed by atoms with Crippen LogP contribution in [0.1, 0.15) is 31.1 Å². The highest BCUT2D eigenvalue weighted by molar-refractivity contribution is 5.92. The molecule has 0 spiro atoms. The first-order valence-electron chi connectivity index (χ1n) is 9.24. The molecular weight excluding hydrogens is 342 g/mol. The van der Waals surface area contributed by atoms with Gasteiger partial charge in [-0.05, 0) is 44.0 Å². The van der Waals surface area contributed by atoms with Crippen LogP contribution >= 0.6 is 0 Å². The first-order chi connectivity index (χ1) is 12.9. The molecule has 1 saturated heterocycles. The van der Waals surface area contributed by atoms with Crippen LogP contribution in [0.4, 0.5) is 0 Å². The van der Waals surface area contributed by atoms with E-state index in [2.05, 4.69) is 0 Å². The number of esters is 1. The maximum atomic E-state index is 12.6. The van der Waals surface area contributed by atoms with E-state index in [1.165, 1.54) is 0 Å². The van der Waals surface area contributed by atoms with Crippen molar-refractivity contribution in [1.82, 2.24) is 4.90 Å². The lowest BCUT2D eigenvalue weighted by molar-refractivity contribution is -0.151. The molecule has 2 aromatic carbocycles. The topological polar surface area (TPSA) is 55.8 Å². The van der Waals surface area contributed by atoms with Crippen LogP contribution in [0, 0.1) is 0 Å². The van der Waals surface area contributed by atoms with E-state index in [1.54, 1.807) is 24.0 Å². The first-order valence-corrected chi connectivity index (χ1v) is 9.24. The second kappa shape index (κ2) is 8.35. The molecule has 1 heterocycles. The van der Waals surface area contributed by atoms with Gasteiger partial charge in [0.05, 0.1) is 17.8 Å². The van der Waals surface area contributed by atoms with Gasteiger partial charge in [-0.15, -0.1) is 0 Å². The van der Waals surface area contributed by atoms with Gasteiger partial charge in [0.25, 0.3) is 5.91 Å². The van der Waals surface area contributed by atoms with Crippen molar-refractivity contribution in [3.05, 3.63) is 60.2 Å². The third-order valence-electron chi connectivity index (χ3n) is 4.59. The minimum atomic E-state index is -0.830. The predicted molar refractivity (Wildman–Crippen MR) is 103 cm³/mol. The smallest absolute Gasteiger partial charge is 0.338 e. The summed E-state index contributed by atoms with van der Waals surface area (Å²) < 4.78 is 11.0. The van der Waals surface area contributed by atoms with Crippen molar-refractivity contribution in [2.24, 2.45) is 0 Å². The summed E-state index contributed by atoms with van der Waals surface area (Å²) in [5.41, 5.74) is 2.53. The van der Waals surface area contributed by atoms with E-state index in [1.807, 2.05) is 56.3 Å². The number of hydrogen-bond acceptors (Lipinski definition) is 4. The Morgan fingerprint density at radius 2 is 1.52 bits per heavy atom. The highest BCUT2D eigenvalue weighted by Crippen LogP contribution is 2.20. The number of ether oxygens (including phenoxy) is 2. The number of hydrogen-bond donors (Lipinski definition) is 0. The standard InChI is InChI=1S/C22H25NO4/c1-15-13-23(14-16(2)26-15)21(24)17(3)27-22(25)20-11-9-19(10-12-20)18-7-5-4-6-8-18/h4-12,15-17H,13-14H2,1-3H3/t15-,16+,17-/m0/s1. The largest absolute Gasteiger partial charge is 0.449 e. The van der Waals surface area contributed by atoms with Crippen LogP contribution in [0.5, 0.6) is 0 Å². The van der Waals surface area contributed by atoms with Crippen LogP contribution in [0.2, 0.25) is 0 Å². The van der Waals surface area contributed by atoms with Crippen LogP contribution in [0.25, 0.3) is 11.1 Å². The van der Waals surface area contributed by atoms with Gasteiger partial charge in [0.15, 0.2) is 6.10 Å². The van der Waals surface area contributed by atoms with E-state index in [4.69, 9.17) is 9.47 Å². The summed E-state index contributed by atoms with van der Waals surface area (Å²) >= 11 is 0. The van der Waals surface area contributed by atoms with Crippen molar-refractivity contribution < 1.29 is 19.1 Å². The van der Waals surface area contributed by atoms with E-state index in [0.717, 1.165) is 11.1 Å². The maximum Gasteiger partial charge on any atom is 0.338 e. The van der Waals surface area contributed by atoms with E-state index < -0.39 is 12.1 Å². The SMILES string of the molecule is C[C@@H]1CN(C(=O)[C@H](C)OC(=O)c2ccc(-c3ccccc3)cc2)C[C@H](C)O1. The van der Waals surface area contributed by atoms with Crippen LogP contribution < -0.4 is 0 Å². The molecule has 1 aliphatic rings. The normalized spacial score (nSPS) is 20.8. The fourth-order valence-electron chi connectivity index (χ4n) is 3.32. The third-order valence-corrected chi connectivity index (χ3v) is 4.59. The van der Waals surface area contributed by atoms with Crippen LogP contribution in [0.15, 0.2) is 54.6 Å². The van der Waals surface area contributed by atoms with Gasteiger partial charge in [0, 0.05) is 13.1 Å². The zero-order valence-corrected chi connectivity index (χ0v) is 15.9. The van der Waals surface area contributed by atoms with E-state index in [9.17, 15) is 9.59 Å². The monoisotopic (exact) mass is 367 g/mol. The van der Waals surface area contributed by atoms with Gasteiger partial charge in [-0.3, -0.25) is 4.79 Å². The van der Waals surface area contributed by atoms with E-state index in [0.29, 0.717) is 18.7 Å². The number of rotatable bonds is 4. The molecule has 0 bridgehead atoms. The Balaban J connectivity index is 1.62. The summed E-state index contributed by atoms with van der Waals surface area (Å²) in [6, 6.07) is 17.1. The fraction of sp³-hybridized carbons (Fsp3) is 0.364. The van der Waals surface area contributed by atoms with Gasteiger partial charge in [0.1, 0.15) is 0 Å². The molecule has 1 aliphatic heterocycles. The minimum absolute atomic E-state index is 0.0221. The lowest BCUT2D eigenvalue weighted by atomic mass is 10.0. The molecule has 0 saturated carbocycles. The Bertz CT molecular complexity index is 778. The Morgan fingerprint density at radius 1 is 0.963 bits per heavy atom. The average molecular weight is 367 g/mol. The Morgan fingerprint density at radius 3 is 2.11 bits per heavy atom. The van der Waals surface area contributed by atoms with Gasteiger partial charge in [0.2, 0.25) is 0 Å². The quantitative estimate of drug-likeness (QED) is 0.776. The molecule has 5 nitrogen and oxygen atoms in total. The molecule has 0 N–H and O–H groups in total. The molecule has 5 heteroatoms. The molecule has 0 aliphatic carbocycles. The number of morpholine rings is 1. The maximum absolute atomic E-state index is 12.6.